The second-order valence-corrected chi connectivity index (χ2v) is 16.4. The zero-order valence-corrected chi connectivity index (χ0v) is 26.5. The van der Waals surface area contributed by atoms with Crippen molar-refractivity contribution in [1.29, 1.82) is 0 Å². The number of benzene rings is 1. The van der Waals surface area contributed by atoms with E-state index in [-0.39, 0.29) is 35.6 Å². The first kappa shape index (κ1) is 30.6. The van der Waals surface area contributed by atoms with Gasteiger partial charge >= 0.3 is 0 Å². The molecule has 9 heteroatoms. The van der Waals surface area contributed by atoms with Crippen LogP contribution in [0.1, 0.15) is 107 Å². The van der Waals surface area contributed by atoms with Gasteiger partial charge in [-0.2, -0.15) is 0 Å². The van der Waals surface area contributed by atoms with Crippen LogP contribution < -0.4 is 5.32 Å². The largest absolute Gasteiger partial charge is 0.393 e. The maximum Gasteiger partial charge on any atom is 0.230 e. The highest BCUT2D eigenvalue weighted by Crippen LogP contribution is 2.43. The van der Waals surface area contributed by atoms with Gasteiger partial charge in [0.25, 0.3) is 0 Å². The van der Waals surface area contributed by atoms with Gasteiger partial charge in [0.15, 0.2) is 15.0 Å². The Kier molecular flexibility index (Phi) is 9.89. The standard InChI is InChI=1S/C32H47N3O4S2/c1-21(2)31-30-28(20-35(31)19-24-10-14-26(36)15-11-24)40-32(34-30)33-29(37)18-23-12-16-27(17-13-23)41(38,39)22(3)25-8-6-4-5-7-9-25/h12-13,16-17,21-22,24-26,31,36H,4-11,14-15,18-20H2,1-3H3,(H,33,34,37)/t22?,24?,26?,31-/m0/s1. The summed E-state index contributed by atoms with van der Waals surface area (Å²) in [5.74, 6) is 1.11. The predicted molar refractivity (Wildman–Crippen MR) is 165 cm³/mol. The van der Waals surface area contributed by atoms with E-state index in [1.807, 2.05) is 6.92 Å². The van der Waals surface area contributed by atoms with Crippen molar-refractivity contribution >= 4 is 32.2 Å². The Hall–Kier alpha value is -1.81. The molecule has 3 aliphatic rings. The van der Waals surface area contributed by atoms with Crippen LogP contribution in [0.25, 0.3) is 0 Å². The summed E-state index contributed by atoms with van der Waals surface area (Å²) in [4.78, 5) is 21.9. The average Bonchev–Trinajstić information content (AvgIpc) is 3.32. The number of nitrogens with one attached hydrogen (secondary N) is 1. The number of aliphatic hydroxyl groups excluding tert-OH is 1. The van der Waals surface area contributed by atoms with Crippen LogP contribution in [-0.4, -0.2) is 47.2 Å². The molecule has 0 saturated heterocycles. The molecule has 1 aromatic carbocycles. The van der Waals surface area contributed by atoms with E-state index >= 15 is 0 Å². The lowest BCUT2D eigenvalue weighted by Gasteiger charge is -2.33. The number of anilines is 1. The van der Waals surface area contributed by atoms with Gasteiger partial charge in [-0.15, -0.1) is 11.3 Å². The smallest absolute Gasteiger partial charge is 0.230 e. The fraction of sp³-hybridized carbons (Fsp3) is 0.688. The van der Waals surface area contributed by atoms with E-state index in [4.69, 9.17) is 4.98 Å². The molecule has 2 heterocycles. The Morgan fingerprint density at radius 3 is 2.32 bits per heavy atom. The summed E-state index contributed by atoms with van der Waals surface area (Å²) >= 11 is 1.57. The van der Waals surface area contributed by atoms with Gasteiger partial charge in [-0.25, -0.2) is 13.4 Å². The Morgan fingerprint density at radius 1 is 1.02 bits per heavy atom. The number of fused-ring (bicyclic) bond motifs is 1. The number of hydrogen-bond donors (Lipinski definition) is 2. The minimum atomic E-state index is -3.40. The highest BCUT2D eigenvalue weighted by molar-refractivity contribution is 7.92. The highest BCUT2D eigenvalue weighted by atomic mass is 32.2. The van der Waals surface area contributed by atoms with Crippen molar-refractivity contribution in [1.82, 2.24) is 9.88 Å². The molecule has 7 nitrogen and oxygen atoms in total. The molecule has 2 N–H and O–H groups in total. The molecule has 2 aromatic rings. The molecule has 2 atom stereocenters. The van der Waals surface area contributed by atoms with E-state index < -0.39 is 9.84 Å². The summed E-state index contributed by atoms with van der Waals surface area (Å²) in [6.45, 7) is 8.22. The molecular formula is C32H47N3O4S2. The molecule has 226 valence electrons. The number of rotatable bonds is 9. The Labute approximate surface area is 250 Å². The van der Waals surface area contributed by atoms with Crippen LogP contribution in [0, 0.1) is 17.8 Å². The number of nitrogens with zero attached hydrogens (tertiary/aromatic N) is 2. The van der Waals surface area contributed by atoms with Crippen molar-refractivity contribution in [2.24, 2.45) is 17.8 Å². The molecule has 1 unspecified atom stereocenters. The molecule has 0 bridgehead atoms. The SMILES string of the molecule is CC(C)[C@H]1c2nc(NC(=O)Cc3ccc(S(=O)(=O)C(C)C4CCCCCC4)cc3)sc2CN1CC1CCC(O)CC1. The number of aliphatic hydroxyl groups is 1. The lowest BCUT2D eigenvalue weighted by atomic mass is 9.86. The van der Waals surface area contributed by atoms with E-state index in [1.54, 1.807) is 35.6 Å². The van der Waals surface area contributed by atoms with Crippen LogP contribution in [0.4, 0.5) is 5.13 Å². The quantitative estimate of drug-likeness (QED) is 0.318. The van der Waals surface area contributed by atoms with Crippen LogP contribution in [0.2, 0.25) is 0 Å². The molecule has 5 rings (SSSR count). The van der Waals surface area contributed by atoms with E-state index in [9.17, 15) is 18.3 Å². The Balaban J connectivity index is 1.17. The fourth-order valence-corrected chi connectivity index (χ4v) is 9.95. The van der Waals surface area contributed by atoms with Gasteiger partial charge in [-0.3, -0.25) is 9.69 Å². The fourth-order valence-electron chi connectivity index (χ4n) is 7.19. The number of amides is 1. The summed E-state index contributed by atoms with van der Waals surface area (Å²) in [7, 11) is -3.40. The molecule has 1 aromatic heterocycles. The van der Waals surface area contributed by atoms with Gasteiger partial charge in [0.05, 0.1) is 34.4 Å². The van der Waals surface area contributed by atoms with Gasteiger partial charge < -0.3 is 10.4 Å². The maximum absolute atomic E-state index is 13.3. The summed E-state index contributed by atoms with van der Waals surface area (Å²) in [5, 5.41) is 13.1. The van der Waals surface area contributed by atoms with Gasteiger partial charge in [-0.05, 0) is 80.9 Å². The van der Waals surface area contributed by atoms with Crippen LogP contribution in [0.5, 0.6) is 0 Å². The number of sulfone groups is 1. The zero-order chi connectivity index (χ0) is 29.1. The first-order chi connectivity index (χ1) is 19.6. The molecule has 0 spiro atoms. The summed E-state index contributed by atoms with van der Waals surface area (Å²) < 4.78 is 26.6. The van der Waals surface area contributed by atoms with Crippen LogP contribution in [0.15, 0.2) is 29.2 Å². The average molecular weight is 602 g/mol. The van der Waals surface area contributed by atoms with Gasteiger partial charge in [0.1, 0.15) is 0 Å². The second kappa shape index (κ2) is 13.2. The van der Waals surface area contributed by atoms with Crippen LogP contribution >= 0.6 is 11.3 Å². The van der Waals surface area contributed by atoms with Crippen molar-refractivity contribution in [2.75, 3.05) is 11.9 Å². The lowest BCUT2D eigenvalue weighted by Crippen LogP contribution is -2.33. The van der Waals surface area contributed by atoms with E-state index in [1.165, 1.54) is 17.7 Å². The minimum Gasteiger partial charge on any atom is -0.393 e. The molecule has 1 amide bonds. The molecular weight excluding hydrogens is 555 g/mol. The normalized spacial score (nSPS) is 25.1. The summed E-state index contributed by atoms with van der Waals surface area (Å²) in [5.41, 5.74) is 1.88. The number of carbonyl (C=O) groups excluding carboxylic acids is 1. The lowest BCUT2D eigenvalue weighted by molar-refractivity contribution is -0.115. The van der Waals surface area contributed by atoms with E-state index in [0.717, 1.165) is 75.7 Å². The number of aromatic nitrogens is 1. The third-order valence-electron chi connectivity index (χ3n) is 9.60. The van der Waals surface area contributed by atoms with E-state index in [2.05, 4.69) is 24.1 Å². The number of thiazole rings is 1. The first-order valence-electron chi connectivity index (χ1n) is 15.7. The molecule has 0 radical (unpaired) electrons. The molecule has 2 aliphatic carbocycles. The molecule has 1 aliphatic heterocycles. The van der Waals surface area contributed by atoms with Crippen molar-refractivity contribution in [3.05, 3.63) is 40.4 Å². The number of carbonyl (C=O) groups is 1. The highest BCUT2D eigenvalue weighted by Gasteiger charge is 2.37. The second-order valence-electron chi connectivity index (χ2n) is 13.0. The third-order valence-corrected chi connectivity index (χ3v) is 12.9. The van der Waals surface area contributed by atoms with Crippen molar-refractivity contribution in [3.63, 3.8) is 0 Å². The minimum absolute atomic E-state index is 0.134. The predicted octanol–water partition coefficient (Wildman–Crippen LogP) is 6.52. The van der Waals surface area contributed by atoms with Crippen LogP contribution in [-0.2, 0) is 27.6 Å². The topological polar surface area (TPSA) is 99.6 Å². The monoisotopic (exact) mass is 601 g/mol. The van der Waals surface area contributed by atoms with Crippen molar-refractivity contribution < 1.29 is 18.3 Å². The molecule has 41 heavy (non-hydrogen) atoms. The van der Waals surface area contributed by atoms with Crippen LogP contribution in [0.3, 0.4) is 0 Å². The van der Waals surface area contributed by atoms with E-state index in [0.29, 0.717) is 21.9 Å². The zero-order valence-electron chi connectivity index (χ0n) is 24.8. The summed E-state index contributed by atoms with van der Waals surface area (Å²) in [6, 6.07) is 7.11. The summed E-state index contributed by atoms with van der Waals surface area (Å²) in [6.07, 6.45) is 10.6. The Morgan fingerprint density at radius 2 is 1.68 bits per heavy atom. The number of hydrogen-bond acceptors (Lipinski definition) is 7. The Bertz CT molecular complexity index is 1270. The molecule has 2 fully saturated rings. The van der Waals surface area contributed by atoms with Crippen molar-refractivity contribution in [3.8, 4) is 0 Å². The molecule has 2 saturated carbocycles. The maximum atomic E-state index is 13.3. The van der Waals surface area contributed by atoms with Crippen molar-refractivity contribution in [2.45, 2.75) is 120 Å². The van der Waals surface area contributed by atoms with Gasteiger partial charge in [0, 0.05) is 18.0 Å². The van der Waals surface area contributed by atoms with Gasteiger partial charge in [-0.1, -0.05) is 51.7 Å². The van der Waals surface area contributed by atoms with Gasteiger partial charge in [0.2, 0.25) is 5.91 Å². The first-order valence-corrected chi connectivity index (χ1v) is 18.0. The third kappa shape index (κ3) is 7.23.